The zero-order valence-corrected chi connectivity index (χ0v) is 12.8. The van der Waals surface area contributed by atoms with Crippen molar-refractivity contribution in [3.8, 4) is 12.3 Å². The minimum Gasteiger partial charge on any atom is -0.312 e. The monoisotopic (exact) mass is 295 g/mol. The summed E-state index contributed by atoms with van der Waals surface area (Å²) in [6.45, 7) is 5.46. The van der Waals surface area contributed by atoms with Crippen molar-refractivity contribution in [3.63, 3.8) is 0 Å². The van der Waals surface area contributed by atoms with Crippen LogP contribution in [0.2, 0.25) is 0 Å². The van der Waals surface area contributed by atoms with E-state index in [0.717, 1.165) is 30.0 Å². The number of nitrogens with one attached hydrogen (secondary N) is 1. The number of nitrogens with zero attached hydrogens (tertiary/aromatic N) is 2. The van der Waals surface area contributed by atoms with Gasteiger partial charge < -0.3 is 5.32 Å². The Labute approximate surface area is 120 Å². The first-order chi connectivity index (χ1) is 9.44. The summed E-state index contributed by atoms with van der Waals surface area (Å²) in [6.07, 6.45) is 6.58. The third-order valence-corrected chi connectivity index (χ3v) is 5.53. The molecule has 0 aromatic carbocycles. The predicted molar refractivity (Wildman–Crippen MR) is 79.2 cm³/mol. The Morgan fingerprint density at radius 3 is 2.85 bits per heavy atom. The molecule has 110 valence electrons. The van der Waals surface area contributed by atoms with Crippen LogP contribution in [0.15, 0.2) is 0 Å². The Kier molecular flexibility index (Phi) is 4.51. The standard InChI is InChI=1S/C14H21N3O2S/c1-4-5-7-15-9-14-11(2)16-17(12(14)3)13-6-8-20(18,19)10-13/h1,13,15H,5-10H2,2-3H3. The fraction of sp³-hybridized carbons (Fsp3) is 0.643. The Bertz CT molecular complexity index is 626. The highest BCUT2D eigenvalue weighted by Gasteiger charge is 2.31. The Balaban J connectivity index is 2.11. The maximum absolute atomic E-state index is 11.6. The number of hydrogen-bond donors (Lipinski definition) is 1. The summed E-state index contributed by atoms with van der Waals surface area (Å²) < 4.78 is 25.1. The zero-order chi connectivity index (χ0) is 14.8. The van der Waals surface area contributed by atoms with Crippen molar-refractivity contribution in [1.82, 2.24) is 15.1 Å². The fourth-order valence-corrected chi connectivity index (χ4v) is 4.34. The Morgan fingerprint density at radius 2 is 2.25 bits per heavy atom. The van der Waals surface area contributed by atoms with Gasteiger partial charge in [-0.25, -0.2) is 8.42 Å². The van der Waals surface area contributed by atoms with Gasteiger partial charge in [0.2, 0.25) is 0 Å². The molecule has 5 nitrogen and oxygen atoms in total. The molecule has 20 heavy (non-hydrogen) atoms. The van der Waals surface area contributed by atoms with Gasteiger partial charge in [-0.1, -0.05) is 0 Å². The minimum atomic E-state index is -2.89. The molecule has 6 heteroatoms. The van der Waals surface area contributed by atoms with Crippen molar-refractivity contribution in [2.24, 2.45) is 0 Å². The van der Waals surface area contributed by atoms with Crippen LogP contribution >= 0.6 is 0 Å². The average molecular weight is 295 g/mol. The summed E-state index contributed by atoms with van der Waals surface area (Å²) in [7, 11) is -2.89. The van der Waals surface area contributed by atoms with Gasteiger partial charge in [-0.05, 0) is 20.3 Å². The number of aromatic nitrogens is 2. The summed E-state index contributed by atoms with van der Waals surface area (Å²) in [6, 6.07) is -0.0156. The third kappa shape index (κ3) is 3.22. The molecule has 1 aliphatic rings. The second kappa shape index (κ2) is 5.98. The van der Waals surface area contributed by atoms with Gasteiger partial charge in [0.25, 0.3) is 0 Å². The molecule has 0 spiro atoms. The number of aryl methyl sites for hydroxylation is 1. The molecule has 0 bridgehead atoms. The van der Waals surface area contributed by atoms with Gasteiger partial charge in [0.15, 0.2) is 9.84 Å². The largest absolute Gasteiger partial charge is 0.312 e. The van der Waals surface area contributed by atoms with E-state index in [2.05, 4.69) is 16.3 Å². The van der Waals surface area contributed by atoms with Crippen LogP contribution < -0.4 is 5.32 Å². The van der Waals surface area contributed by atoms with E-state index in [4.69, 9.17) is 6.42 Å². The third-order valence-electron chi connectivity index (χ3n) is 3.78. The van der Waals surface area contributed by atoms with Crippen LogP contribution in [0, 0.1) is 26.2 Å². The van der Waals surface area contributed by atoms with E-state index in [-0.39, 0.29) is 17.5 Å². The van der Waals surface area contributed by atoms with E-state index in [1.54, 1.807) is 0 Å². The van der Waals surface area contributed by atoms with E-state index < -0.39 is 9.84 Å². The summed E-state index contributed by atoms with van der Waals surface area (Å²) in [5.41, 5.74) is 3.16. The molecule has 1 aliphatic heterocycles. The molecule has 1 aromatic heterocycles. The molecule has 1 saturated heterocycles. The van der Waals surface area contributed by atoms with E-state index in [9.17, 15) is 8.42 Å². The summed E-state index contributed by atoms with van der Waals surface area (Å²) in [5.74, 6) is 3.07. The molecule has 0 saturated carbocycles. The summed E-state index contributed by atoms with van der Waals surface area (Å²) in [5, 5.41) is 7.82. The highest BCUT2D eigenvalue weighted by Crippen LogP contribution is 2.26. The second-order valence-corrected chi connectivity index (χ2v) is 7.51. The normalized spacial score (nSPS) is 20.9. The highest BCUT2D eigenvalue weighted by atomic mass is 32.2. The van der Waals surface area contributed by atoms with Crippen LogP contribution in [0.25, 0.3) is 0 Å². The molecular weight excluding hydrogens is 274 g/mol. The van der Waals surface area contributed by atoms with Gasteiger partial charge in [0, 0.05) is 30.8 Å². The van der Waals surface area contributed by atoms with Crippen molar-refractivity contribution in [2.45, 2.75) is 39.3 Å². The van der Waals surface area contributed by atoms with Gasteiger partial charge in [0.05, 0.1) is 23.2 Å². The molecule has 1 fully saturated rings. The highest BCUT2D eigenvalue weighted by molar-refractivity contribution is 7.91. The lowest BCUT2D eigenvalue weighted by Crippen LogP contribution is -2.16. The number of rotatable bonds is 5. The predicted octanol–water partition coefficient (Wildman–Crippen LogP) is 0.972. The second-order valence-electron chi connectivity index (χ2n) is 5.28. The van der Waals surface area contributed by atoms with Gasteiger partial charge >= 0.3 is 0 Å². The van der Waals surface area contributed by atoms with Gasteiger partial charge in [-0.3, -0.25) is 4.68 Å². The zero-order valence-electron chi connectivity index (χ0n) is 12.0. The molecule has 1 atom stereocenters. The first-order valence-electron chi connectivity index (χ1n) is 6.84. The van der Waals surface area contributed by atoms with Crippen LogP contribution in [-0.2, 0) is 16.4 Å². The van der Waals surface area contributed by atoms with Crippen LogP contribution in [-0.4, -0.2) is 36.2 Å². The topological polar surface area (TPSA) is 64.0 Å². The van der Waals surface area contributed by atoms with Crippen molar-refractivity contribution in [3.05, 3.63) is 17.0 Å². The quantitative estimate of drug-likeness (QED) is 0.649. The molecule has 0 radical (unpaired) electrons. The average Bonchev–Trinajstić information content (AvgIpc) is 2.87. The molecular formula is C14H21N3O2S. The van der Waals surface area contributed by atoms with Crippen molar-refractivity contribution in [1.29, 1.82) is 0 Å². The first kappa shape index (κ1) is 15.1. The van der Waals surface area contributed by atoms with E-state index >= 15 is 0 Å². The lowest BCUT2D eigenvalue weighted by molar-refractivity contribution is 0.485. The molecule has 0 amide bonds. The molecule has 2 rings (SSSR count). The van der Waals surface area contributed by atoms with E-state index in [1.807, 2.05) is 18.5 Å². The van der Waals surface area contributed by atoms with Crippen molar-refractivity contribution >= 4 is 9.84 Å². The molecule has 1 unspecified atom stereocenters. The van der Waals surface area contributed by atoms with Crippen LogP contribution in [0.5, 0.6) is 0 Å². The van der Waals surface area contributed by atoms with Gasteiger partial charge in [-0.2, -0.15) is 5.10 Å². The Hall–Kier alpha value is -1.32. The number of sulfone groups is 1. The summed E-state index contributed by atoms with van der Waals surface area (Å²) >= 11 is 0. The lowest BCUT2D eigenvalue weighted by atomic mass is 10.2. The molecule has 2 heterocycles. The lowest BCUT2D eigenvalue weighted by Gasteiger charge is -2.11. The maximum Gasteiger partial charge on any atom is 0.152 e. The summed E-state index contributed by atoms with van der Waals surface area (Å²) in [4.78, 5) is 0. The SMILES string of the molecule is C#CCCNCc1c(C)nn(C2CCS(=O)(=O)C2)c1C. The van der Waals surface area contributed by atoms with Crippen LogP contribution in [0.4, 0.5) is 0 Å². The van der Waals surface area contributed by atoms with E-state index in [1.165, 1.54) is 0 Å². The fourth-order valence-electron chi connectivity index (χ4n) is 2.65. The maximum atomic E-state index is 11.6. The molecule has 1 N–H and O–H groups in total. The molecule has 0 aliphatic carbocycles. The van der Waals surface area contributed by atoms with Crippen LogP contribution in [0.1, 0.15) is 35.8 Å². The van der Waals surface area contributed by atoms with Crippen molar-refractivity contribution < 1.29 is 8.42 Å². The Morgan fingerprint density at radius 1 is 1.50 bits per heavy atom. The number of hydrogen-bond acceptors (Lipinski definition) is 4. The van der Waals surface area contributed by atoms with Crippen LogP contribution in [0.3, 0.4) is 0 Å². The van der Waals surface area contributed by atoms with Crippen molar-refractivity contribution in [2.75, 3.05) is 18.1 Å². The molecule has 1 aromatic rings. The van der Waals surface area contributed by atoms with Gasteiger partial charge in [0.1, 0.15) is 0 Å². The first-order valence-corrected chi connectivity index (χ1v) is 8.66. The number of terminal acetylenes is 1. The van der Waals surface area contributed by atoms with Gasteiger partial charge in [-0.15, -0.1) is 12.3 Å². The van der Waals surface area contributed by atoms with E-state index in [0.29, 0.717) is 12.8 Å². The minimum absolute atomic E-state index is 0.0156. The smallest absolute Gasteiger partial charge is 0.152 e.